The summed E-state index contributed by atoms with van der Waals surface area (Å²) in [7, 11) is 0. The van der Waals surface area contributed by atoms with E-state index in [-0.39, 0.29) is 2.85 Å². The SMILES string of the molecule is CC1CCC(C2CCC(c3ccc(-c4cc(F)c(F)c(F)c4)cc3)CC2)CC1.[HH].[HH]. The van der Waals surface area contributed by atoms with Crippen LogP contribution in [0.2, 0.25) is 0 Å². The Morgan fingerprint density at radius 3 is 1.71 bits per heavy atom. The summed E-state index contributed by atoms with van der Waals surface area (Å²) in [6, 6.07) is 10.1. The van der Waals surface area contributed by atoms with E-state index in [0.29, 0.717) is 17.0 Å². The van der Waals surface area contributed by atoms with Crippen molar-refractivity contribution >= 4 is 0 Å². The lowest BCUT2D eigenvalue weighted by Gasteiger charge is -2.37. The van der Waals surface area contributed by atoms with Crippen molar-refractivity contribution in [1.29, 1.82) is 0 Å². The Kier molecular flexibility index (Phi) is 5.80. The van der Waals surface area contributed by atoms with Gasteiger partial charge in [0, 0.05) is 2.85 Å². The van der Waals surface area contributed by atoms with Crippen LogP contribution in [0.15, 0.2) is 36.4 Å². The fraction of sp³-hybridized carbons (Fsp3) is 0.520. The van der Waals surface area contributed by atoms with Crippen molar-refractivity contribution in [3.8, 4) is 11.1 Å². The fourth-order valence-corrected chi connectivity index (χ4v) is 5.35. The van der Waals surface area contributed by atoms with Crippen molar-refractivity contribution in [2.45, 2.75) is 64.2 Å². The van der Waals surface area contributed by atoms with Crippen molar-refractivity contribution in [3.05, 3.63) is 59.4 Å². The van der Waals surface area contributed by atoms with Crippen molar-refractivity contribution < 1.29 is 16.0 Å². The molecule has 3 heteroatoms. The van der Waals surface area contributed by atoms with E-state index in [1.54, 1.807) is 0 Å². The fourth-order valence-electron chi connectivity index (χ4n) is 5.35. The second kappa shape index (κ2) is 8.31. The van der Waals surface area contributed by atoms with Crippen LogP contribution >= 0.6 is 0 Å². The molecule has 0 amide bonds. The average molecular weight is 391 g/mol. The number of benzene rings is 2. The molecule has 0 nitrogen and oxygen atoms in total. The smallest absolute Gasteiger partial charge is 0.194 e. The first-order valence-corrected chi connectivity index (χ1v) is 10.8. The van der Waals surface area contributed by atoms with E-state index in [2.05, 4.69) is 19.1 Å². The number of hydrogen-bond donors (Lipinski definition) is 0. The lowest BCUT2D eigenvalue weighted by Crippen LogP contribution is -2.24. The maximum absolute atomic E-state index is 13.5. The Hall–Kier alpha value is -1.77. The van der Waals surface area contributed by atoms with Gasteiger partial charge in [0.1, 0.15) is 0 Å². The molecule has 2 aromatic rings. The summed E-state index contributed by atoms with van der Waals surface area (Å²) >= 11 is 0. The normalized spacial score (nSPS) is 28.3. The minimum atomic E-state index is -1.41. The number of hydrogen-bond acceptors (Lipinski definition) is 0. The summed E-state index contributed by atoms with van der Waals surface area (Å²) < 4.78 is 40.2. The van der Waals surface area contributed by atoms with Gasteiger partial charge in [-0.25, -0.2) is 13.2 Å². The molecule has 0 saturated heterocycles. The highest BCUT2D eigenvalue weighted by molar-refractivity contribution is 5.64. The van der Waals surface area contributed by atoms with Crippen LogP contribution in [0.3, 0.4) is 0 Å². The van der Waals surface area contributed by atoms with Gasteiger partial charge in [-0.15, -0.1) is 0 Å². The Morgan fingerprint density at radius 1 is 0.679 bits per heavy atom. The van der Waals surface area contributed by atoms with Gasteiger partial charge in [-0.3, -0.25) is 0 Å². The highest BCUT2D eigenvalue weighted by atomic mass is 19.2. The molecule has 2 aliphatic rings. The van der Waals surface area contributed by atoms with Crippen molar-refractivity contribution in [2.75, 3.05) is 0 Å². The van der Waals surface area contributed by atoms with Gasteiger partial charge >= 0.3 is 0 Å². The van der Waals surface area contributed by atoms with Crippen LogP contribution in [0, 0.1) is 35.2 Å². The topological polar surface area (TPSA) is 0 Å². The maximum Gasteiger partial charge on any atom is 0.194 e. The minimum absolute atomic E-state index is 0. The van der Waals surface area contributed by atoms with E-state index in [0.717, 1.165) is 29.9 Å². The molecule has 0 N–H and O–H groups in total. The average Bonchev–Trinajstić information content (AvgIpc) is 2.72. The van der Waals surface area contributed by atoms with E-state index in [4.69, 9.17) is 0 Å². The van der Waals surface area contributed by atoms with Crippen molar-refractivity contribution in [2.24, 2.45) is 17.8 Å². The molecule has 0 bridgehead atoms. The number of halogens is 3. The standard InChI is InChI=1S/C25H29F3.2H2/c1-16-2-4-17(5-3-16)18-6-8-19(9-7-18)20-10-12-21(13-11-20)22-14-23(26)25(28)24(27)15-22;;/h10-19H,2-9H2,1H3;2*1H. The highest BCUT2D eigenvalue weighted by Gasteiger charge is 2.30. The van der Waals surface area contributed by atoms with Gasteiger partial charge in [0.15, 0.2) is 17.5 Å². The molecular weight excluding hydrogens is 357 g/mol. The summed E-state index contributed by atoms with van der Waals surface area (Å²) in [5.74, 6) is -0.381. The van der Waals surface area contributed by atoms with Crippen LogP contribution in [-0.4, -0.2) is 0 Å². The van der Waals surface area contributed by atoms with Crippen LogP contribution in [0.4, 0.5) is 13.2 Å². The predicted molar refractivity (Wildman–Crippen MR) is 112 cm³/mol. The van der Waals surface area contributed by atoms with Gasteiger partial charge in [-0.1, -0.05) is 44.0 Å². The Bertz CT molecular complexity index is 783. The zero-order chi connectivity index (χ0) is 19.7. The molecule has 0 spiro atoms. The molecule has 2 fully saturated rings. The molecule has 2 aliphatic carbocycles. The lowest BCUT2D eigenvalue weighted by atomic mass is 9.68. The van der Waals surface area contributed by atoms with Gasteiger partial charge < -0.3 is 0 Å². The minimum Gasteiger partial charge on any atom is -0.204 e. The molecule has 0 radical (unpaired) electrons. The van der Waals surface area contributed by atoms with Crippen LogP contribution < -0.4 is 0 Å². The highest BCUT2D eigenvalue weighted by Crippen LogP contribution is 2.44. The predicted octanol–water partition coefficient (Wildman–Crippen LogP) is 8.36. The van der Waals surface area contributed by atoms with Crippen LogP contribution in [0.25, 0.3) is 11.1 Å². The molecule has 28 heavy (non-hydrogen) atoms. The van der Waals surface area contributed by atoms with Crippen LogP contribution in [0.5, 0.6) is 0 Å². The van der Waals surface area contributed by atoms with Gasteiger partial charge in [-0.2, -0.15) is 0 Å². The summed E-state index contributed by atoms with van der Waals surface area (Å²) in [6.07, 6.45) is 10.7. The molecule has 2 aromatic carbocycles. The van der Waals surface area contributed by atoms with E-state index in [9.17, 15) is 13.2 Å². The summed E-state index contributed by atoms with van der Waals surface area (Å²) in [4.78, 5) is 0. The first-order chi connectivity index (χ1) is 13.5. The third-order valence-corrected chi connectivity index (χ3v) is 7.20. The molecule has 0 heterocycles. The van der Waals surface area contributed by atoms with E-state index >= 15 is 0 Å². The maximum atomic E-state index is 13.5. The molecular formula is C25H33F3. The summed E-state index contributed by atoms with van der Waals surface area (Å²) in [5.41, 5.74) is 2.40. The molecule has 0 atom stereocenters. The molecule has 154 valence electrons. The summed E-state index contributed by atoms with van der Waals surface area (Å²) in [5, 5.41) is 0. The monoisotopic (exact) mass is 390 g/mol. The van der Waals surface area contributed by atoms with Gasteiger partial charge in [0.2, 0.25) is 0 Å². The first kappa shape index (κ1) is 19.5. The Morgan fingerprint density at radius 2 is 1.18 bits per heavy atom. The van der Waals surface area contributed by atoms with E-state index in [1.165, 1.54) is 56.9 Å². The van der Waals surface area contributed by atoms with Crippen LogP contribution in [-0.2, 0) is 0 Å². The van der Waals surface area contributed by atoms with Crippen molar-refractivity contribution in [1.82, 2.24) is 0 Å². The second-order valence-electron chi connectivity index (χ2n) is 9.01. The largest absolute Gasteiger partial charge is 0.204 e. The molecule has 0 aromatic heterocycles. The van der Waals surface area contributed by atoms with Gasteiger partial charge in [0.25, 0.3) is 0 Å². The third-order valence-electron chi connectivity index (χ3n) is 7.20. The summed E-state index contributed by atoms with van der Waals surface area (Å²) in [6.45, 7) is 2.38. The Balaban J connectivity index is 0.00000160. The van der Waals surface area contributed by atoms with Gasteiger partial charge in [0.05, 0.1) is 0 Å². The van der Waals surface area contributed by atoms with E-state index in [1.807, 2.05) is 12.1 Å². The van der Waals surface area contributed by atoms with Crippen LogP contribution in [0.1, 0.15) is 72.6 Å². The van der Waals surface area contributed by atoms with Crippen molar-refractivity contribution in [3.63, 3.8) is 0 Å². The molecule has 0 aliphatic heterocycles. The molecule has 2 saturated carbocycles. The molecule has 4 rings (SSSR count). The first-order valence-electron chi connectivity index (χ1n) is 10.8. The zero-order valence-corrected chi connectivity index (χ0v) is 16.6. The van der Waals surface area contributed by atoms with E-state index < -0.39 is 17.5 Å². The number of rotatable bonds is 3. The molecule has 0 unspecified atom stereocenters. The Labute approximate surface area is 169 Å². The second-order valence-corrected chi connectivity index (χ2v) is 9.01. The quantitative estimate of drug-likeness (QED) is 0.462. The lowest BCUT2D eigenvalue weighted by molar-refractivity contribution is 0.165. The zero-order valence-electron chi connectivity index (χ0n) is 16.6. The third kappa shape index (κ3) is 4.14. The van der Waals surface area contributed by atoms with Gasteiger partial charge in [-0.05, 0) is 91.0 Å².